The first-order valence-corrected chi connectivity index (χ1v) is 6.41. The van der Waals surface area contributed by atoms with Crippen molar-refractivity contribution in [2.45, 2.75) is 12.5 Å². The molecule has 0 radical (unpaired) electrons. The highest BCUT2D eigenvalue weighted by Gasteiger charge is 2.31. The molecule has 5 heteroatoms. The molecule has 1 aliphatic heterocycles. The fourth-order valence-electron chi connectivity index (χ4n) is 2.62. The van der Waals surface area contributed by atoms with Gasteiger partial charge in [0.15, 0.2) is 11.5 Å². The molecule has 0 bridgehead atoms. The Labute approximate surface area is 112 Å². The van der Waals surface area contributed by atoms with Gasteiger partial charge in [0.2, 0.25) is 0 Å². The van der Waals surface area contributed by atoms with Gasteiger partial charge in [-0.25, -0.2) is 0 Å². The summed E-state index contributed by atoms with van der Waals surface area (Å²) in [4.78, 5) is 2.23. The van der Waals surface area contributed by atoms with E-state index in [0.717, 1.165) is 18.5 Å². The number of halogens is 1. The molecule has 0 aliphatic carbocycles. The van der Waals surface area contributed by atoms with E-state index >= 15 is 0 Å². The Morgan fingerprint density at radius 3 is 2.83 bits per heavy atom. The predicted molar refractivity (Wildman–Crippen MR) is 72.2 cm³/mol. The topological polar surface area (TPSA) is 58.7 Å². The second-order valence-electron chi connectivity index (χ2n) is 4.84. The Morgan fingerprint density at radius 2 is 2.28 bits per heavy atom. The van der Waals surface area contributed by atoms with Gasteiger partial charge in [-0.1, -0.05) is 11.6 Å². The molecule has 1 aromatic carbocycles. The SMILES string of the molecule is COc1cc(Cl)c(C2CC(CN)CN2C)cc1O. The van der Waals surface area contributed by atoms with Gasteiger partial charge in [-0.2, -0.15) is 0 Å². The Hall–Kier alpha value is -0.970. The van der Waals surface area contributed by atoms with Crippen molar-refractivity contribution in [1.29, 1.82) is 0 Å². The summed E-state index contributed by atoms with van der Waals surface area (Å²) in [5.41, 5.74) is 6.66. The van der Waals surface area contributed by atoms with E-state index in [4.69, 9.17) is 22.1 Å². The van der Waals surface area contributed by atoms with Crippen molar-refractivity contribution in [3.8, 4) is 11.5 Å². The van der Waals surface area contributed by atoms with Crippen LogP contribution >= 0.6 is 11.6 Å². The minimum Gasteiger partial charge on any atom is -0.504 e. The summed E-state index contributed by atoms with van der Waals surface area (Å²) >= 11 is 6.27. The normalized spacial score (nSPS) is 24.4. The lowest BCUT2D eigenvalue weighted by atomic mass is 9.99. The van der Waals surface area contributed by atoms with Gasteiger partial charge in [-0.05, 0) is 37.6 Å². The number of aromatic hydroxyl groups is 1. The van der Waals surface area contributed by atoms with Crippen molar-refractivity contribution < 1.29 is 9.84 Å². The summed E-state index contributed by atoms with van der Waals surface area (Å²) in [6.07, 6.45) is 0.971. The van der Waals surface area contributed by atoms with Crippen LogP contribution in [0.3, 0.4) is 0 Å². The van der Waals surface area contributed by atoms with E-state index in [-0.39, 0.29) is 11.8 Å². The van der Waals surface area contributed by atoms with Crippen LogP contribution in [0.5, 0.6) is 11.5 Å². The van der Waals surface area contributed by atoms with Gasteiger partial charge in [0.25, 0.3) is 0 Å². The van der Waals surface area contributed by atoms with Gasteiger partial charge in [0, 0.05) is 23.7 Å². The first kappa shape index (κ1) is 13.5. The van der Waals surface area contributed by atoms with Crippen LogP contribution < -0.4 is 10.5 Å². The van der Waals surface area contributed by atoms with Gasteiger partial charge >= 0.3 is 0 Å². The van der Waals surface area contributed by atoms with Crippen LogP contribution in [0.15, 0.2) is 12.1 Å². The van der Waals surface area contributed by atoms with E-state index in [1.807, 2.05) is 0 Å². The largest absolute Gasteiger partial charge is 0.504 e. The predicted octanol–water partition coefficient (Wildman–Crippen LogP) is 2.01. The molecule has 0 spiro atoms. The fourth-order valence-corrected chi connectivity index (χ4v) is 2.90. The maximum absolute atomic E-state index is 9.86. The highest BCUT2D eigenvalue weighted by atomic mass is 35.5. The molecular formula is C13H19ClN2O2. The van der Waals surface area contributed by atoms with Gasteiger partial charge in [-0.15, -0.1) is 0 Å². The maximum atomic E-state index is 9.86. The second kappa shape index (κ2) is 5.34. The molecule has 4 nitrogen and oxygen atoms in total. The lowest BCUT2D eigenvalue weighted by molar-refractivity contribution is 0.312. The van der Waals surface area contributed by atoms with Gasteiger partial charge < -0.3 is 15.6 Å². The van der Waals surface area contributed by atoms with E-state index in [1.165, 1.54) is 7.11 Å². The van der Waals surface area contributed by atoms with E-state index in [0.29, 0.717) is 23.2 Å². The van der Waals surface area contributed by atoms with E-state index in [9.17, 15) is 5.11 Å². The third kappa shape index (κ3) is 2.41. The second-order valence-corrected chi connectivity index (χ2v) is 5.25. The Kier molecular flexibility index (Phi) is 4.00. The zero-order chi connectivity index (χ0) is 13.3. The Bertz CT molecular complexity index is 439. The van der Waals surface area contributed by atoms with Crippen molar-refractivity contribution in [1.82, 2.24) is 4.90 Å². The number of nitrogens with two attached hydrogens (primary N) is 1. The van der Waals surface area contributed by atoms with Crippen LogP contribution in [-0.4, -0.2) is 37.3 Å². The molecule has 3 N–H and O–H groups in total. The standard InChI is InChI=1S/C13H19ClN2O2/c1-16-7-8(6-15)3-11(16)9-4-12(17)13(18-2)5-10(9)14/h4-5,8,11,17H,3,6-7,15H2,1-2H3. The Morgan fingerprint density at radius 1 is 1.56 bits per heavy atom. The molecule has 2 atom stereocenters. The molecule has 1 aromatic rings. The van der Waals surface area contributed by atoms with Crippen molar-refractivity contribution in [2.75, 3.05) is 27.2 Å². The molecule has 0 saturated carbocycles. The molecule has 1 aliphatic rings. The monoisotopic (exact) mass is 270 g/mol. The number of rotatable bonds is 3. The lowest BCUT2D eigenvalue weighted by Gasteiger charge is -2.21. The van der Waals surface area contributed by atoms with E-state index in [2.05, 4.69) is 11.9 Å². The third-order valence-corrected chi connectivity index (χ3v) is 3.95. The summed E-state index contributed by atoms with van der Waals surface area (Å²) in [5.74, 6) is 1.02. The highest BCUT2D eigenvalue weighted by Crippen LogP contribution is 2.41. The van der Waals surface area contributed by atoms with Crippen LogP contribution in [0.2, 0.25) is 5.02 Å². The van der Waals surface area contributed by atoms with Crippen molar-refractivity contribution in [3.05, 3.63) is 22.7 Å². The van der Waals surface area contributed by atoms with Gasteiger partial charge in [0.1, 0.15) is 0 Å². The summed E-state index contributed by atoms with van der Waals surface area (Å²) in [7, 11) is 3.56. The van der Waals surface area contributed by atoms with Crippen LogP contribution in [0.25, 0.3) is 0 Å². The summed E-state index contributed by atoms with van der Waals surface area (Å²) in [6.45, 7) is 1.64. The summed E-state index contributed by atoms with van der Waals surface area (Å²) in [6, 6.07) is 3.57. The minimum absolute atomic E-state index is 0.126. The third-order valence-electron chi connectivity index (χ3n) is 3.63. The number of methoxy groups -OCH3 is 1. The highest BCUT2D eigenvalue weighted by molar-refractivity contribution is 6.31. The first-order chi connectivity index (χ1) is 8.56. The van der Waals surface area contributed by atoms with Crippen LogP contribution in [0.4, 0.5) is 0 Å². The molecule has 100 valence electrons. The molecule has 1 saturated heterocycles. The average Bonchev–Trinajstić information content (AvgIpc) is 2.73. The molecular weight excluding hydrogens is 252 g/mol. The zero-order valence-electron chi connectivity index (χ0n) is 10.7. The molecule has 1 heterocycles. The molecule has 2 unspecified atom stereocenters. The molecule has 0 aromatic heterocycles. The molecule has 1 fully saturated rings. The van der Waals surface area contributed by atoms with Crippen LogP contribution in [-0.2, 0) is 0 Å². The average molecular weight is 271 g/mol. The number of hydrogen-bond acceptors (Lipinski definition) is 4. The Balaban J connectivity index is 2.31. The summed E-state index contributed by atoms with van der Waals surface area (Å²) < 4.78 is 5.04. The number of benzene rings is 1. The number of nitrogens with zero attached hydrogens (tertiary/aromatic N) is 1. The van der Waals surface area contributed by atoms with Crippen LogP contribution in [0, 0.1) is 5.92 Å². The number of phenols is 1. The van der Waals surface area contributed by atoms with Gasteiger partial charge in [0.05, 0.1) is 7.11 Å². The van der Waals surface area contributed by atoms with E-state index in [1.54, 1.807) is 12.1 Å². The lowest BCUT2D eigenvalue weighted by Crippen LogP contribution is -2.20. The molecule has 0 amide bonds. The van der Waals surface area contributed by atoms with E-state index < -0.39 is 0 Å². The number of ether oxygens (including phenoxy) is 1. The zero-order valence-corrected chi connectivity index (χ0v) is 11.4. The maximum Gasteiger partial charge on any atom is 0.161 e. The fraction of sp³-hybridized carbons (Fsp3) is 0.538. The van der Waals surface area contributed by atoms with Crippen molar-refractivity contribution in [3.63, 3.8) is 0 Å². The smallest absolute Gasteiger partial charge is 0.161 e. The molecule has 2 rings (SSSR count). The summed E-state index contributed by atoms with van der Waals surface area (Å²) in [5, 5.41) is 10.5. The number of hydrogen-bond donors (Lipinski definition) is 2. The molecule has 18 heavy (non-hydrogen) atoms. The van der Waals surface area contributed by atoms with Gasteiger partial charge in [-0.3, -0.25) is 4.90 Å². The van der Waals surface area contributed by atoms with Crippen molar-refractivity contribution in [2.24, 2.45) is 11.7 Å². The van der Waals surface area contributed by atoms with Crippen LogP contribution in [0.1, 0.15) is 18.0 Å². The first-order valence-electron chi connectivity index (χ1n) is 6.03. The quantitative estimate of drug-likeness (QED) is 0.882. The number of likely N-dealkylation sites (tertiary alicyclic amines) is 1. The minimum atomic E-state index is 0.126. The van der Waals surface area contributed by atoms with Crippen molar-refractivity contribution >= 4 is 11.6 Å². The number of phenolic OH excluding ortho intramolecular Hbond substituents is 1.